The van der Waals surface area contributed by atoms with Crippen LogP contribution in [-0.2, 0) is 24.2 Å². The van der Waals surface area contributed by atoms with Gasteiger partial charge in [-0.1, -0.05) is 54.2 Å². The normalized spacial score (nSPS) is 14.7. The van der Waals surface area contributed by atoms with Crippen molar-refractivity contribution < 1.29 is 9.21 Å². The van der Waals surface area contributed by atoms with E-state index in [9.17, 15) is 4.79 Å². The van der Waals surface area contributed by atoms with Crippen LogP contribution >= 0.6 is 11.8 Å². The third-order valence-electron chi connectivity index (χ3n) is 5.76. The molecule has 8 nitrogen and oxygen atoms in total. The van der Waals surface area contributed by atoms with Crippen molar-refractivity contribution >= 4 is 28.7 Å². The number of rotatable bonds is 8. The summed E-state index contributed by atoms with van der Waals surface area (Å²) < 4.78 is 5.72. The zero-order chi connectivity index (χ0) is 22.5. The molecule has 0 radical (unpaired) electrons. The highest BCUT2D eigenvalue weighted by molar-refractivity contribution is 7.99. The Morgan fingerprint density at radius 1 is 0.970 bits per heavy atom. The molecule has 3 heterocycles. The van der Waals surface area contributed by atoms with E-state index < -0.39 is 0 Å². The standard InChI is InChI=1S/C24H26N6O2S/c31-23(30-14-12-29(13-15-30)16-18-6-2-1-3-7-18)17-33-24-28-27-22(32-24)11-10-21-25-19-8-4-5-9-20(19)26-21/h1-9H,10-17H2,(H,25,26). The SMILES string of the molecule is O=C(CSc1nnc(CCc2nc3ccccc3[nH]2)o1)N1CCN(Cc2ccccc2)CC1. The molecule has 0 unspecified atom stereocenters. The van der Waals surface area contributed by atoms with Gasteiger partial charge in [0.2, 0.25) is 11.8 Å². The lowest BCUT2D eigenvalue weighted by molar-refractivity contribution is -0.130. The Balaban J connectivity index is 1.05. The number of carbonyl (C=O) groups excluding carboxylic acids is 1. The molecule has 0 saturated carbocycles. The molecule has 0 spiro atoms. The van der Waals surface area contributed by atoms with Crippen LogP contribution < -0.4 is 0 Å². The second kappa shape index (κ2) is 10.2. The third-order valence-corrected chi connectivity index (χ3v) is 6.56. The number of imidazole rings is 1. The van der Waals surface area contributed by atoms with Crippen molar-refractivity contribution in [1.29, 1.82) is 0 Å². The maximum Gasteiger partial charge on any atom is 0.277 e. The Kier molecular flexibility index (Phi) is 6.68. The predicted molar refractivity (Wildman–Crippen MR) is 127 cm³/mol. The molecule has 1 amide bonds. The van der Waals surface area contributed by atoms with Gasteiger partial charge < -0.3 is 14.3 Å². The molecule has 33 heavy (non-hydrogen) atoms. The minimum absolute atomic E-state index is 0.112. The van der Waals surface area contributed by atoms with Gasteiger partial charge in [0, 0.05) is 45.6 Å². The minimum atomic E-state index is 0.112. The minimum Gasteiger partial charge on any atom is -0.416 e. The molecule has 1 saturated heterocycles. The first-order valence-electron chi connectivity index (χ1n) is 11.2. The number of aromatic amines is 1. The molecule has 170 valence electrons. The average Bonchev–Trinajstić information content (AvgIpc) is 3.49. The smallest absolute Gasteiger partial charge is 0.277 e. The number of hydrogen-bond acceptors (Lipinski definition) is 7. The average molecular weight is 463 g/mol. The van der Waals surface area contributed by atoms with Crippen LogP contribution in [0.25, 0.3) is 11.0 Å². The fourth-order valence-corrected chi connectivity index (χ4v) is 4.64. The van der Waals surface area contributed by atoms with Crippen LogP contribution in [-0.4, -0.2) is 67.8 Å². The number of piperazine rings is 1. The fraction of sp³-hybridized carbons (Fsp3) is 0.333. The van der Waals surface area contributed by atoms with Crippen LogP contribution in [0, 0.1) is 0 Å². The molecule has 0 atom stereocenters. The summed E-state index contributed by atoms with van der Waals surface area (Å²) in [5.74, 6) is 1.87. The monoisotopic (exact) mass is 462 g/mol. The number of nitrogens with one attached hydrogen (secondary N) is 1. The van der Waals surface area contributed by atoms with Gasteiger partial charge in [-0.25, -0.2) is 4.98 Å². The molecule has 5 rings (SSSR count). The molecule has 0 bridgehead atoms. The van der Waals surface area contributed by atoms with Gasteiger partial charge in [-0.05, 0) is 17.7 Å². The van der Waals surface area contributed by atoms with E-state index in [1.54, 1.807) is 0 Å². The molecule has 1 aliphatic rings. The lowest BCUT2D eigenvalue weighted by Crippen LogP contribution is -2.48. The number of nitrogens with zero attached hydrogens (tertiary/aromatic N) is 5. The Hall–Kier alpha value is -3.17. The molecule has 2 aromatic heterocycles. The van der Waals surface area contributed by atoms with Crippen molar-refractivity contribution in [3.63, 3.8) is 0 Å². The zero-order valence-electron chi connectivity index (χ0n) is 18.3. The molecule has 1 fully saturated rings. The van der Waals surface area contributed by atoms with Crippen LogP contribution in [0.2, 0.25) is 0 Å². The number of para-hydroxylation sites is 2. The number of thioether (sulfide) groups is 1. The second-order valence-electron chi connectivity index (χ2n) is 8.09. The lowest BCUT2D eigenvalue weighted by atomic mass is 10.2. The largest absolute Gasteiger partial charge is 0.416 e. The number of fused-ring (bicyclic) bond motifs is 1. The molecular formula is C24H26N6O2S. The Morgan fingerprint density at radius 2 is 1.76 bits per heavy atom. The maximum absolute atomic E-state index is 12.6. The fourth-order valence-electron chi connectivity index (χ4n) is 3.96. The van der Waals surface area contributed by atoms with Gasteiger partial charge in [0.1, 0.15) is 5.82 Å². The van der Waals surface area contributed by atoms with Crippen molar-refractivity contribution in [3.05, 3.63) is 71.9 Å². The molecule has 1 aliphatic heterocycles. The van der Waals surface area contributed by atoms with Gasteiger partial charge in [0.15, 0.2) is 0 Å². The van der Waals surface area contributed by atoms with Crippen LogP contribution in [0.15, 0.2) is 64.2 Å². The van der Waals surface area contributed by atoms with Crippen LogP contribution in [0.3, 0.4) is 0 Å². The summed E-state index contributed by atoms with van der Waals surface area (Å²) in [6, 6.07) is 18.4. The van der Waals surface area contributed by atoms with Gasteiger partial charge in [-0.15, -0.1) is 10.2 Å². The van der Waals surface area contributed by atoms with Crippen molar-refractivity contribution in [3.8, 4) is 0 Å². The van der Waals surface area contributed by atoms with E-state index in [-0.39, 0.29) is 5.91 Å². The highest BCUT2D eigenvalue weighted by Crippen LogP contribution is 2.19. The van der Waals surface area contributed by atoms with Gasteiger partial charge >= 0.3 is 0 Å². The first-order chi connectivity index (χ1) is 16.2. The molecule has 1 N–H and O–H groups in total. The molecule has 9 heteroatoms. The number of benzene rings is 2. The number of carbonyl (C=O) groups is 1. The Bertz CT molecular complexity index is 1170. The third kappa shape index (κ3) is 5.61. The van der Waals surface area contributed by atoms with Gasteiger partial charge in [0.25, 0.3) is 5.22 Å². The summed E-state index contributed by atoms with van der Waals surface area (Å²) >= 11 is 1.30. The van der Waals surface area contributed by atoms with Crippen LogP contribution in [0.5, 0.6) is 0 Å². The summed E-state index contributed by atoms with van der Waals surface area (Å²) in [5, 5.41) is 8.63. The first kappa shape index (κ1) is 21.7. The highest BCUT2D eigenvalue weighted by atomic mass is 32.2. The quantitative estimate of drug-likeness (QED) is 0.402. The summed E-state index contributed by atoms with van der Waals surface area (Å²) in [6.45, 7) is 4.20. The topological polar surface area (TPSA) is 91.1 Å². The van der Waals surface area contributed by atoms with Crippen molar-refractivity contribution in [1.82, 2.24) is 30.0 Å². The van der Waals surface area contributed by atoms with Crippen LogP contribution in [0.4, 0.5) is 0 Å². The van der Waals surface area contributed by atoms with Gasteiger partial charge in [-0.2, -0.15) is 0 Å². The number of hydrogen-bond donors (Lipinski definition) is 1. The molecule has 0 aliphatic carbocycles. The number of H-pyrrole nitrogens is 1. The summed E-state index contributed by atoms with van der Waals surface area (Å²) in [6.07, 6.45) is 1.29. The van der Waals surface area contributed by atoms with Crippen molar-refractivity contribution in [2.24, 2.45) is 0 Å². The Morgan fingerprint density at radius 3 is 2.58 bits per heavy atom. The van der Waals surface area contributed by atoms with Gasteiger partial charge in [-0.3, -0.25) is 9.69 Å². The van der Waals surface area contributed by atoms with E-state index in [0.29, 0.717) is 29.7 Å². The molecule has 2 aromatic carbocycles. The molecular weight excluding hydrogens is 436 g/mol. The second-order valence-corrected chi connectivity index (χ2v) is 9.02. The van der Waals surface area contributed by atoms with Crippen molar-refractivity contribution in [2.45, 2.75) is 24.6 Å². The van der Waals surface area contributed by atoms with Crippen molar-refractivity contribution in [2.75, 3.05) is 31.9 Å². The van der Waals surface area contributed by atoms with E-state index >= 15 is 0 Å². The Labute approximate surface area is 196 Å². The maximum atomic E-state index is 12.6. The van der Waals surface area contributed by atoms with Crippen LogP contribution in [0.1, 0.15) is 17.3 Å². The van der Waals surface area contributed by atoms with E-state index in [1.165, 1.54) is 17.3 Å². The number of aromatic nitrogens is 4. The van der Waals surface area contributed by atoms with Gasteiger partial charge in [0.05, 0.1) is 16.8 Å². The van der Waals surface area contributed by atoms with E-state index in [0.717, 1.165) is 49.6 Å². The lowest BCUT2D eigenvalue weighted by Gasteiger charge is -2.34. The number of aryl methyl sites for hydroxylation is 2. The van der Waals surface area contributed by atoms with E-state index in [1.807, 2.05) is 35.2 Å². The zero-order valence-corrected chi connectivity index (χ0v) is 19.1. The number of amides is 1. The predicted octanol–water partition coefficient (Wildman–Crippen LogP) is 3.17. The summed E-state index contributed by atoms with van der Waals surface area (Å²) in [4.78, 5) is 24.8. The van der Waals surface area contributed by atoms with E-state index in [4.69, 9.17) is 4.42 Å². The summed E-state index contributed by atoms with van der Waals surface area (Å²) in [7, 11) is 0. The molecule has 4 aromatic rings. The van der Waals surface area contributed by atoms with E-state index in [2.05, 4.69) is 49.3 Å². The summed E-state index contributed by atoms with van der Waals surface area (Å²) in [5.41, 5.74) is 3.28. The highest BCUT2D eigenvalue weighted by Gasteiger charge is 2.22. The first-order valence-corrected chi connectivity index (χ1v) is 12.1.